The van der Waals surface area contributed by atoms with Crippen molar-refractivity contribution in [3.8, 4) is 0 Å². The zero-order valence-corrected chi connectivity index (χ0v) is 18.4. The van der Waals surface area contributed by atoms with Gasteiger partial charge in [-0.3, -0.25) is 4.98 Å². The Morgan fingerprint density at radius 2 is 1.97 bits per heavy atom. The molecular weight excluding hydrogens is 352 g/mol. The van der Waals surface area contributed by atoms with E-state index in [1.165, 1.54) is 62.6 Å². The van der Waals surface area contributed by atoms with Crippen molar-refractivity contribution in [2.75, 3.05) is 0 Å². The van der Waals surface area contributed by atoms with Crippen LogP contribution >= 0.6 is 0 Å². The highest BCUT2D eigenvalue weighted by Crippen LogP contribution is 2.42. The predicted octanol–water partition coefficient (Wildman–Crippen LogP) is 6.15. The largest absolute Gasteiger partial charge is 0.325 e. The van der Waals surface area contributed by atoms with Crippen LogP contribution in [0.5, 0.6) is 0 Å². The Morgan fingerprint density at radius 3 is 2.76 bits per heavy atom. The molecule has 29 heavy (non-hydrogen) atoms. The fourth-order valence-electron chi connectivity index (χ4n) is 5.57. The molecule has 156 valence electrons. The maximum absolute atomic E-state index is 6.54. The van der Waals surface area contributed by atoms with Crippen molar-refractivity contribution in [3.63, 3.8) is 0 Å². The molecule has 2 nitrogen and oxygen atoms in total. The van der Waals surface area contributed by atoms with Gasteiger partial charge in [-0.25, -0.2) is 0 Å². The Bertz CT molecular complexity index is 827. The first kappa shape index (κ1) is 20.6. The van der Waals surface area contributed by atoms with E-state index in [4.69, 9.17) is 5.73 Å². The lowest BCUT2D eigenvalue weighted by Crippen LogP contribution is -2.35. The molecule has 1 fully saturated rings. The lowest BCUT2D eigenvalue weighted by atomic mass is 9.79. The number of pyridine rings is 1. The number of aromatic nitrogens is 1. The van der Waals surface area contributed by atoms with Crippen molar-refractivity contribution < 1.29 is 0 Å². The number of hydrogen-bond acceptors (Lipinski definition) is 2. The lowest BCUT2D eigenvalue weighted by Gasteiger charge is -2.26. The van der Waals surface area contributed by atoms with Crippen molar-refractivity contribution in [1.82, 2.24) is 4.98 Å². The summed E-state index contributed by atoms with van der Waals surface area (Å²) in [4.78, 5) is 4.61. The Hall–Kier alpha value is -1.67. The van der Waals surface area contributed by atoms with E-state index in [2.05, 4.69) is 49.2 Å². The minimum absolute atomic E-state index is 0.0775. The van der Waals surface area contributed by atoms with Crippen LogP contribution in [0, 0.1) is 5.92 Å². The number of hydrogen-bond donors (Lipinski definition) is 1. The molecule has 0 unspecified atom stereocenters. The lowest BCUT2D eigenvalue weighted by molar-refractivity contribution is 0.417. The molecule has 0 aliphatic heterocycles. The van der Waals surface area contributed by atoms with Gasteiger partial charge in [-0.05, 0) is 110 Å². The van der Waals surface area contributed by atoms with Crippen molar-refractivity contribution in [2.45, 2.75) is 95.9 Å². The van der Waals surface area contributed by atoms with E-state index >= 15 is 0 Å². The number of rotatable bonds is 7. The Morgan fingerprint density at radius 1 is 1.07 bits per heavy atom. The smallest absolute Gasteiger partial charge is 0.0406 e. The fraction of sp³-hybridized carbons (Fsp3) is 0.593. The van der Waals surface area contributed by atoms with Gasteiger partial charge in [0.15, 0.2) is 0 Å². The van der Waals surface area contributed by atoms with Crippen LogP contribution in [0.1, 0.15) is 92.7 Å². The first-order valence-electron chi connectivity index (χ1n) is 11.9. The van der Waals surface area contributed by atoms with Crippen molar-refractivity contribution in [3.05, 3.63) is 64.5 Å². The molecule has 3 atom stereocenters. The molecule has 0 saturated heterocycles. The first-order valence-corrected chi connectivity index (χ1v) is 11.9. The van der Waals surface area contributed by atoms with Gasteiger partial charge in [0.25, 0.3) is 0 Å². The summed E-state index contributed by atoms with van der Waals surface area (Å²) in [5, 5.41) is 0. The standard InChI is InChI=1S/C27H38N2/c1-3-5-20-13-15-29-26(17-20)11-7-21-6-8-23-18-24(10-9-22(23)16-21)25-12-14-27(28,4-2)19-25/h9-10,13,15,17-18,21,25H,3-8,11-12,14,16,19,28H2,1-2H3/t21-,25+,27-/m1/s1. The van der Waals surface area contributed by atoms with Crippen LogP contribution in [0.3, 0.4) is 0 Å². The zero-order valence-electron chi connectivity index (χ0n) is 18.4. The van der Waals surface area contributed by atoms with Crippen LogP contribution in [0.15, 0.2) is 36.5 Å². The van der Waals surface area contributed by atoms with Gasteiger partial charge in [-0.2, -0.15) is 0 Å². The van der Waals surface area contributed by atoms with Crippen LogP contribution in [-0.4, -0.2) is 10.5 Å². The Labute approximate surface area is 177 Å². The molecule has 2 aliphatic carbocycles. The summed E-state index contributed by atoms with van der Waals surface area (Å²) in [6.07, 6.45) is 15.3. The molecule has 0 bridgehead atoms. The van der Waals surface area contributed by atoms with E-state index in [0.717, 1.165) is 25.2 Å². The first-order chi connectivity index (χ1) is 14.1. The highest BCUT2D eigenvalue weighted by molar-refractivity contribution is 5.36. The summed E-state index contributed by atoms with van der Waals surface area (Å²) in [5.41, 5.74) is 14.1. The van der Waals surface area contributed by atoms with E-state index in [1.807, 2.05) is 6.20 Å². The second kappa shape index (κ2) is 9.00. The molecular formula is C27H38N2. The third kappa shape index (κ3) is 4.91. The number of benzene rings is 1. The minimum atomic E-state index is 0.0775. The second-order valence-corrected chi connectivity index (χ2v) is 9.74. The van der Waals surface area contributed by atoms with Gasteiger partial charge >= 0.3 is 0 Å². The van der Waals surface area contributed by atoms with Gasteiger partial charge in [0, 0.05) is 17.4 Å². The highest BCUT2D eigenvalue weighted by atomic mass is 14.8. The van der Waals surface area contributed by atoms with Crippen LogP contribution < -0.4 is 5.73 Å². The fourth-order valence-corrected chi connectivity index (χ4v) is 5.57. The highest BCUT2D eigenvalue weighted by Gasteiger charge is 2.35. The summed E-state index contributed by atoms with van der Waals surface area (Å²) in [5.74, 6) is 1.47. The topological polar surface area (TPSA) is 38.9 Å². The number of nitrogens with two attached hydrogens (primary N) is 1. The van der Waals surface area contributed by atoms with Crippen LogP contribution in [-0.2, 0) is 25.7 Å². The van der Waals surface area contributed by atoms with E-state index in [9.17, 15) is 0 Å². The van der Waals surface area contributed by atoms with Gasteiger partial charge in [0.05, 0.1) is 0 Å². The molecule has 1 saturated carbocycles. The van der Waals surface area contributed by atoms with Crippen molar-refractivity contribution in [2.24, 2.45) is 11.7 Å². The molecule has 1 aromatic carbocycles. The van der Waals surface area contributed by atoms with Gasteiger partial charge in [-0.15, -0.1) is 0 Å². The SMILES string of the molecule is CCCc1ccnc(CC[C@H]2CCc3cc([C@H]4CC[C@](N)(CC)C4)ccc3C2)c1. The summed E-state index contributed by atoms with van der Waals surface area (Å²) < 4.78 is 0. The molecule has 1 heterocycles. The number of nitrogens with zero attached hydrogens (tertiary/aromatic N) is 1. The zero-order chi connectivity index (χ0) is 20.3. The molecule has 1 aromatic heterocycles. The average Bonchev–Trinajstić information content (AvgIpc) is 3.15. The molecule has 4 rings (SSSR count). The molecule has 0 spiro atoms. The Kier molecular flexibility index (Phi) is 6.39. The summed E-state index contributed by atoms with van der Waals surface area (Å²) in [6, 6.07) is 11.8. The molecule has 2 aromatic rings. The third-order valence-electron chi connectivity index (χ3n) is 7.61. The van der Waals surface area contributed by atoms with Crippen molar-refractivity contribution >= 4 is 0 Å². The van der Waals surface area contributed by atoms with Crippen LogP contribution in [0.4, 0.5) is 0 Å². The van der Waals surface area contributed by atoms with Crippen LogP contribution in [0.25, 0.3) is 0 Å². The monoisotopic (exact) mass is 390 g/mol. The van der Waals surface area contributed by atoms with Gasteiger partial charge in [0.1, 0.15) is 0 Å². The normalized spacial score (nSPS) is 26.4. The molecule has 2 N–H and O–H groups in total. The number of aryl methyl sites for hydroxylation is 3. The number of fused-ring (bicyclic) bond motifs is 1. The van der Waals surface area contributed by atoms with Crippen LogP contribution in [0.2, 0.25) is 0 Å². The molecule has 0 radical (unpaired) electrons. The molecule has 0 amide bonds. The van der Waals surface area contributed by atoms with Gasteiger partial charge in [-0.1, -0.05) is 38.5 Å². The van der Waals surface area contributed by atoms with E-state index in [-0.39, 0.29) is 5.54 Å². The third-order valence-corrected chi connectivity index (χ3v) is 7.61. The quantitative estimate of drug-likeness (QED) is 0.616. The molecule has 2 heteroatoms. The maximum Gasteiger partial charge on any atom is 0.0406 e. The Balaban J connectivity index is 1.35. The second-order valence-electron chi connectivity index (χ2n) is 9.74. The van der Waals surface area contributed by atoms with Gasteiger partial charge in [0.2, 0.25) is 0 Å². The van der Waals surface area contributed by atoms with Crippen molar-refractivity contribution in [1.29, 1.82) is 0 Å². The average molecular weight is 391 g/mol. The van der Waals surface area contributed by atoms with E-state index in [0.29, 0.717) is 5.92 Å². The predicted molar refractivity (Wildman–Crippen MR) is 122 cm³/mol. The van der Waals surface area contributed by atoms with E-state index in [1.54, 1.807) is 16.7 Å². The summed E-state index contributed by atoms with van der Waals surface area (Å²) in [7, 11) is 0. The molecule has 2 aliphatic rings. The van der Waals surface area contributed by atoms with Gasteiger partial charge < -0.3 is 5.73 Å². The van der Waals surface area contributed by atoms with E-state index < -0.39 is 0 Å². The summed E-state index contributed by atoms with van der Waals surface area (Å²) in [6.45, 7) is 4.48. The minimum Gasteiger partial charge on any atom is -0.325 e. The maximum atomic E-state index is 6.54. The summed E-state index contributed by atoms with van der Waals surface area (Å²) >= 11 is 0.